The fourth-order valence-corrected chi connectivity index (χ4v) is 1.77. The molecule has 3 N–H and O–H groups in total. The molecule has 4 heteroatoms. The van der Waals surface area contributed by atoms with Gasteiger partial charge < -0.3 is 10.5 Å². The third-order valence-corrected chi connectivity index (χ3v) is 2.87. The van der Waals surface area contributed by atoms with Crippen LogP contribution in [0.2, 0.25) is 0 Å². The van der Waals surface area contributed by atoms with Gasteiger partial charge in [0, 0.05) is 0 Å². The molecule has 2 aromatic carbocycles. The maximum Gasteiger partial charge on any atom is 0.130 e. The first kappa shape index (κ1) is 13.1. The van der Waals surface area contributed by atoms with Gasteiger partial charge in [0.1, 0.15) is 24.0 Å². The molecule has 3 nitrogen and oxygen atoms in total. The molecule has 2 aromatic rings. The van der Waals surface area contributed by atoms with Crippen LogP contribution in [0.4, 0.5) is 4.39 Å². The summed E-state index contributed by atoms with van der Waals surface area (Å²) in [6.45, 7) is 2.14. The number of hydrogen-bond acceptors (Lipinski definition) is 2. The molecule has 0 unspecified atom stereocenters. The smallest absolute Gasteiger partial charge is 0.130 e. The molecule has 0 fully saturated rings. The Kier molecular flexibility index (Phi) is 3.80. The molecule has 0 aliphatic rings. The molecular formula is C15H15FN2O. The van der Waals surface area contributed by atoms with Gasteiger partial charge in [-0.05, 0) is 42.3 Å². The summed E-state index contributed by atoms with van der Waals surface area (Å²) in [6, 6.07) is 11.6. The van der Waals surface area contributed by atoms with Crippen molar-refractivity contribution in [3.63, 3.8) is 0 Å². The zero-order chi connectivity index (χ0) is 13.8. The molecule has 0 bridgehead atoms. The highest BCUT2D eigenvalue weighted by molar-refractivity contribution is 5.97. The first-order valence-electron chi connectivity index (χ1n) is 5.89. The first-order chi connectivity index (χ1) is 9.08. The van der Waals surface area contributed by atoms with Crippen LogP contribution in [0.25, 0.3) is 0 Å². The van der Waals surface area contributed by atoms with Gasteiger partial charge in [-0.2, -0.15) is 0 Å². The average Bonchev–Trinajstić information content (AvgIpc) is 2.40. The molecule has 0 aromatic heterocycles. The summed E-state index contributed by atoms with van der Waals surface area (Å²) < 4.78 is 18.8. The van der Waals surface area contributed by atoms with E-state index in [9.17, 15) is 4.39 Å². The van der Waals surface area contributed by atoms with Crippen LogP contribution in [0.3, 0.4) is 0 Å². The highest BCUT2D eigenvalue weighted by Crippen LogP contribution is 2.20. The predicted octanol–water partition coefficient (Wildman–Crippen LogP) is 3.00. The number of para-hydroxylation sites is 1. The number of benzene rings is 2. The number of aryl methyl sites for hydroxylation is 1. The number of rotatable bonds is 4. The van der Waals surface area contributed by atoms with E-state index in [0.717, 1.165) is 11.1 Å². The lowest BCUT2D eigenvalue weighted by molar-refractivity contribution is 0.304. The number of hydrogen-bond donors (Lipinski definition) is 2. The lowest BCUT2D eigenvalue weighted by Gasteiger charge is -2.12. The zero-order valence-electron chi connectivity index (χ0n) is 10.6. The Morgan fingerprint density at radius 3 is 2.74 bits per heavy atom. The summed E-state index contributed by atoms with van der Waals surface area (Å²) >= 11 is 0. The lowest BCUT2D eigenvalue weighted by atomic mass is 10.1. The average molecular weight is 258 g/mol. The highest BCUT2D eigenvalue weighted by atomic mass is 19.1. The van der Waals surface area contributed by atoms with E-state index in [2.05, 4.69) is 0 Å². The van der Waals surface area contributed by atoms with Crippen LogP contribution in [-0.2, 0) is 6.61 Å². The van der Waals surface area contributed by atoms with E-state index >= 15 is 0 Å². The number of amidine groups is 1. The van der Waals surface area contributed by atoms with Gasteiger partial charge in [-0.25, -0.2) is 4.39 Å². The van der Waals surface area contributed by atoms with E-state index in [0.29, 0.717) is 11.3 Å². The second-order valence-electron chi connectivity index (χ2n) is 4.27. The number of nitrogen functional groups attached to an aromatic ring is 1. The van der Waals surface area contributed by atoms with Crippen molar-refractivity contribution in [2.45, 2.75) is 13.5 Å². The molecule has 0 atom stereocenters. The monoisotopic (exact) mass is 258 g/mol. The van der Waals surface area contributed by atoms with Gasteiger partial charge in [0.05, 0.1) is 5.56 Å². The summed E-state index contributed by atoms with van der Waals surface area (Å²) in [5.74, 6) is 0.189. The van der Waals surface area contributed by atoms with Gasteiger partial charge in [-0.15, -0.1) is 0 Å². The normalized spacial score (nSPS) is 10.2. The molecular weight excluding hydrogens is 243 g/mol. The standard InChI is InChI=1S/C15H15FN2O/c1-10-6-7-12(16)8-11(10)9-19-14-5-3-2-4-13(14)15(17)18/h2-8H,9H2,1H3,(H3,17,18). The molecule has 0 saturated carbocycles. The summed E-state index contributed by atoms with van der Waals surface area (Å²) in [5, 5.41) is 7.47. The Morgan fingerprint density at radius 1 is 1.26 bits per heavy atom. The van der Waals surface area contributed by atoms with Gasteiger partial charge >= 0.3 is 0 Å². The van der Waals surface area contributed by atoms with E-state index in [1.165, 1.54) is 12.1 Å². The Morgan fingerprint density at radius 2 is 2.00 bits per heavy atom. The van der Waals surface area contributed by atoms with Crippen LogP contribution in [0.5, 0.6) is 5.75 Å². The van der Waals surface area contributed by atoms with E-state index in [-0.39, 0.29) is 18.3 Å². The quantitative estimate of drug-likeness (QED) is 0.654. The molecule has 0 aliphatic carbocycles. The second kappa shape index (κ2) is 5.52. The summed E-state index contributed by atoms with van der Waals surface area (Å²) in [7, 11) is 0. The molecule has 0 radical (unpaired) electrons. The van der Waals surface area contributed by atoms with Crippen molar-refractivity contribution in [1.82, 2.24) is 0 Å². The summed E-state index contributed by atoms with van der Waals surface area (Å²) in [5.41, 5.74) is 7.76. The SMILES string of the molecule is Cc1ccc(F)cc1COc1ccccc1C(=N)N. The number of halogens is 1. The summed E-state index contributed by atoms with van der Waals surface area (Å²) in [4.78, 5) is 0. The van der Waals surface area contributed by atoms with Crippen molar-refractivity contribution < 1.29 is 9.13 Å². The van der Waals surface area contributed by atoms with E-state index in [1.807, 2.05) is 6.92 Å². The van der Waals surface area contributed by atoms with Crippen LogP contribution < -0.4 is 10.5 Å². The Bertz CT molecular complexity index is 611. The van der Waals surface area contributed by atoms with Crippen LogP contribution in [0, 0.1) is 18.2 Å². The van der Waals surface area contributed by atoms with Crippen LogP contribution in [0.15, 0.2) is 42.5 Å². The fourth-order valence-electron chi connectivity index (χ4n) is 1.77. The van der Waals surface area contributed by atoms with Crippen LogP contribution >= 0.6 is 0 Å². The van der Waals surface area contributed by atoms with E-state index in [1.54, 1.807) is 30.3 Å². The van der Waals surface area contributed by atoms with Crippen LogP contribution in [-0.4, -0.2) is 5.84 Å². The van der Waals surface area contributed by atoms with E-state index in [4.69, 9.17) is 15.9 Å². The Labute approximate surface area is 111 Å². The first-order valence-corrected chi connectivity index (χ1v) is 5.89. The third-order valence-electron chi connectivity index (χ3n) is 2.87. The van der Waals surface area contributed by atoms with Crippen molar-refractivity contribution in [1.29, 1.82) is 5.41 Å². The largest absolute Gasteiger partial charge is 0.488 e. The number of nitrogens with two attached hydrogens (primary N) is 1. The highest BCUT2D eigenvalue weighted by Gasteiger charge is 2.07. The lowest BCUT2D eigenvalue weighted by Crippen LogP contribution is -2.13. The Balaban J connectivity index is 2.19. The fraction of sp³-hybridized carbons (Fsp3) is 0.133. The molecule has 19 heavy (non-hydrogen) atoms. The minimum atomic E-state index is -0.288. The third kappa shape index (κ3) is 3.10. The zero-order valence-corrected chi connectivity index (χ0v) is 10.6. The van der Waals surface area contributed by atoms with Gasteiger partial charge in [-0.1, -0.05) is 18.2 Å². The van der Waals surface area contributed by atoms with Gasteiger partial charge in [-0.3, -0.25) is 5.41 Å². The molecule has 98 valence electrons. The maximum absolute atomic E-state index is 13.2. The molecule has 0 heterocycles. The number of nitrogens with one attached hydrogen (secondary N) is 1. The van der Waals surface area contributed by atoms with E-state index < -0.39 is 0 Å². The van der Waals surface area contributed by atoms with Crippen molar-refractivity contribution in [3.05, 3.63) is 65.0 Å². The summed E-state index contributed by atoms with van der Waals surface area (Å²) in [6.07, 6.45) is 0. The molecule has 0 aliphatic heterocycles. The van der Waals surface area contributed by atoms with Crippen LogP contribution in [0.1, 0.15) is 16.7 Å². The van der Waals surface area contributed by atoms with Gasteiger partial charge in [0.25, 0.3) is 0 Å². The maximum atomic E-state index is 13.2. The van der Waals surface area contributed by atoms with Gasteiger partial charge in [0.15, 0.2) is 0 Å². The van der Waals surface area contributed by atoms with Crippen molar-refractivity contribution in [2.24, 2.45) is 5.73 Å². The minimum Gasteiger partial charge on any atom is -0.488 e. The topological polar surface area (TPSA) is 59.1 Å². The minimum absolute atomic E-state index is 0.0495. The van der Waals surface area contributed by atoms with Crippen molar-refractivity contribution in [2.75, 3.05) is 0 Å². The Hall–Kier alpha value is -2.36. The predicted molar refractivity (Wildman–Crippen MR) is 72.9 cm³/mol. The molecule has 0 spiro atoms. The second-order valence-corrected chi connectivity index (χ2v) is 4.27. The molecule has 0 amide bonds. The molecule has 2 rings (SSSR count). The number of ether oxygens (including phenoxy) is 1. The molecule has 0 saturated heterocycles. The van der Waals surface area contributed by atoms with Crippen molar-refractivity contribution in [3.8, 4) is 5.75 Å². The van der Waals surface area contributed by atoms with Crippen molar-refractivity contribution >= 4 is 5.84 Å². The van der Waals surface area contributed by atoms with Gasteiger partial charge in [0.2, 0.25) is 0 Å².